The van der Waals surface area contributed by atoms with E-state index in [2.05, 4.69) is 24.2 Å². The largest absolute Gasteiger partial charge is 0.381 e. The Morgan fingerprint density at radius 2 is 2.00 bits per heavy atom. The second-order valence-corrected chi connectivity index (χ2v) is 6.16. The van der Waals surface area contributed by atoms with Crippen LogP contribution >= 0.6 is 0 Å². The first-order valence-corrected chi connectivity index (χ1v) is 8.15. The summed E-state index contributed by atoms with van der Waals surface area (Å²) in [4.78, 5) is 14.6. The lowest BCUT2D eigenvalue weighted by Crippen LogP contribution is -2.47. The molecule has 0 aromatic carbocycles. The number of rotatable bonds is 3. The fourth-order valence-electron chi connectivity index (χ4n) is 2.76. The smallest absolute Gasteiger partial charge is 0.226 e. The van der Waals surface area contributed by atoms with Crippen molar-refractivity contribution in [2.75, 3.05) is 39.9 Å². The van der Waals surface area contributed by atoms with Gasteiger partial charge in [0.1, 0.15) is 0 Å². The van der Waals surface area contributed by atoms with Gasteiger partial charge in [0.05, 0.1) is 6.61 Å². The van der Waals surface area contributed by atoms with Crippen LogP contribution in [0.15, 0.2) is 0 Å². The molecule has 2 fully saturated rings. The Bertz CT molecular complexity index is 280. The quantitative estimate of drug-likeness (QED) is 0.864. The Balaban J connectivity index is 0.000000956. The minimum Gasteiger partial charge on any atom is -0.381 e. The van der Waals surface area contributed by atoms with Gasteiger partial charge < -0.3 is 15.0 Å². The van der Waals surface area contributed by atoms with Crippen molar-refractivity contribution in [3.63, 3.8) is 0 Å². The molecule has 2 saturated heterocycles. The van der Waals surface area contributed by atoms with Crippen LogP contribution in [0.5, 0.6) is 0 Å². The molecule has 4 nitrogen and oxygen atoms in total. The summed E-state index contributed by atoms with van der Waals surface area (Å²) in [6, 6.07) is 0. The van der Waals surface area contributed by atoms with Crippen LogP contribution in [0.1, 0.15) is 46.5 Å². The van der Waals surface area contributed by atoms with Gasteiger partial charge in [-0.15, -0.1) is 0 Å². The predicted molar refractivity (Wildman–Crippen MR) is 82.7 cm³/mol. The van der Waals surface area contributed by atoms with E-state index in [1.807, 2.05) is 13.8 Å². The minimum absolute atomic E-state index is 0.165. The van der Waals surface area contributed by atoms with Crippen LogP contribution in [0.25, 0.3) is 0 Å². The van der Waals surface area contributed by atoms with E-state index in [9.17, 15) is 4.79 Å². The molecule has 1 amide bonds. The maximum atomic E-state index is 12.3. The van der Waals surface area contributed by atoms with Gasteiger partial charge in [0, 0.05) is 18.6 Å². The van der Waals surface area contributed by atoms with E-state index in [1.54, 1.807) is 0 Å². The number of hydrogen-bond acceptors (Lipinski definition) is 3. The van der Waals surface area contributed by atoms with Gasteiger partial charge >= 0.3 is 0 Å². The molecular weight excluding hydrogens is 252 g/mol. The van der Waals surface area contributed by atoms with Gasteiger partial charge in [-0.3, -0.25) is 4.79 Å². The zero-order valence-electron chi connectivity index (χ0n) is 13.7. The molecule has 2 heterocycles. The molecule has 0 aromatic rings. The average Bonchev–Trinajstić information content (AvgIpc) is 2.51. The molecule has 1 N–H and O–H groups in total. The van der Waals surface area contributed by atoms with Crippen molar-refractivity contribution < 1.29 is 9.53 Å². The van der Waals surface area contributed by atoms with Gasteiger partial charge in [0.15, 0.2) is 0 Å². The monoisotopic (exact) mass is 284 g/mol. The third-order valence-corrected chi connectivity index (χ3v) is 4.44. The van der Waals surface area contributed by atoms with Gasteiger partial charge in [-0.25, -0.2) is 0 Å². The molecule has 0 bridgehead atoms. The number of nitrogens with one attached hydrogen (secondary N) is 1. The molecule has 2 aliphatic rings. The van der Waals surface area contributed by atoms with Gasteiger partial charge in [0.2, 0.25) is 5.91 Å². The average molecular weight is 284 g/mol. The SMILES string of the molecule is CC.CN1CCC(C)(C(=O)NCC2CCCOC2)CC1. The number of carbonyl (C=O) groups is 1. The summed E-state index contributed by atoms with van der Waals surface area (Å²) in [7, 11) is 2.12. The van der Waals surface area contributed by atoms with Gasteiger partial charge in [-0.05, 0) is 51.7 Å². The molecule has 0 radical (unpaired) electrons. The van der Waals surface area contributed by atoms with E-state index in [4.69, 9.17) is 4.74 Å². The number of nitrogens with zero attached hydrogens (tertiary/aromatic N) is 1. The lowest BCUT2D eigenvalue weighted by molar-refractivity contribution is -0.133. The van der Waals surface area contributed by atoms with Gasteiger partial charge in [-0.2, -0.15) is 0 Å². The van der Waals surface area contributed by atoms with Crippen molar-refractivity contribution in [3.8, 4) is 0 Å². The Labute approximate surface area is 124 Å². The highest BCUT2D eigenvalue weighted by atomic mass is 16.5. The molecular formula is C16H32N2O2. The van der Waals surface area contributed by atoms with Gasteiger partial charge in [0.25, 0.3) is 0 Å². The van der Waals surface area contributed by atoms with E-state index < -0.39 is 0 Å². The highest BCUT2D eigenvalue weighted by Gasteiger charge is 2.36. The first kappa shape index (κ1) is 17.4. The maximum Gasteiger partial charge on any atom is 0.226 e. The normalized spacial score (nSPS) is 26.3. The molecule has 2 aliphatic heterocycles. The Kier molecular flexibility index (Phi) is 7.52. The molecule has 20 heavy (non-hydrogen) atoms. The number of amides is 1. The summed E-state index contributed by atoms with van der Waals surface area (Å²) in [6.45, 7) is 10.6. The van der Waals surface area contributed by atoms with E-state index in [-0.39, 0.29) is 11.3 Å². The van der Waals surface area contributed by atoms with Crippen molar-refractivity contribution >= 4 is 5.91 Å². The molecule has 118 valence electrons. The molecule has 0 aromatic heterocycles. The molecule has 0 spiro atoms. The number of likely N-dealkylation sites (tertiary alicyclic amines) is 1. The van der Waals surface area contributed by atoms with Gasteiger partial charge in [-0.1, -0.05) is 20.8 Å². The molecule has 2 rings (SSSR count). The molecule has 4 heteroatoms. The lowest BCUT2D eigenvalue weighted by Gasteiger charge is -2.37. The third kappa shape index (κ3) is 5.06. The van der Waals surface area contributed by atoms with Crippen molar-refractivity contribution in [2.45, 2.75) is 46.5 Å². The number of piperidine rings is 1. The highest BCUT2D eigenvalue weighted by Crippen LogP contribution is 2.30. The fourth-order valence-corrected chi connectivity index (χ4v) is 2.76. The minimum atomic E-state index is -0.165. The van der Waals surface area contributed by atoms with Crippen LogP contribution in [0.2, 0.25) is 0 Å². The molecule has 1 unspecified atom stereocenters. The summed E-state index contributed by atoms with van der Waals surface area (Å²) in [5, 5.41) is 3.14. The number of ether oxygens (including phenoxy) is 1. The van der Waals surface area contributed by atoms with E-state index >= 15 is 0 Å². The Hall–Kier alpha value is -0.610. The summed E-state index contributed by atoms with van der Waals surface area (Å²) in [6.07, 6.45) is 4.25. The second kappa shape index (κ2) is 8.63. The number of carbonyl (C=O) groups excluding carboxylic acids is 1. The zero-order valence-corrected chi connectivity index (χ0v) is 13.7. The van der Waals surface area contributed by atoms with Crippen LogP contribution in [0, 0.1) is 11.3 Å². The first-order chi connectivity index (χ1) is 9.60. The van der Waals surface area contributed by atoms with Crippen LogP contribution in [0.3, 0.4) is 0 Å². The second-order valence-electron chi connectivity index (χ2n) is 6.16. The van der Waals surface area contributed by atoms with Crippen LogP contribution < -0.4 is 5.32 Å². The van der Waals surface area contributed by atoms with Crippen molar-refractivity contribution in [3.05, 3.63) is 0 Å². The van der Waals surface area contributed by atoms with E-state index in [1.165, 1.54) is 6.42 Å². The standard InChI is InChI=1S/C14H26N2O2.C2H6/c1-14(5-7-16(2)8-6-14)13(17)15-10-12-4-3-9-18-11-12;1-2/h12H,3-11H2,1-2H3,(H,15,17);1-2H3. The first-order valence-electron chi connectivity index (χ1n) is 8.15. The van der Waals surface area contributed by atoms with Crippen LogP contribution in [0.4, 0.5) is 0 Å². The van der Waals surface area contributed by atoms with Crippen LogP contribution in [-0.2, 0) is 9.53 Å². The van der Waals surface area contributed by atoms with Crippen LogP contribution in [-0.4, -0.2) is 50.7 Å². The molecule has 1 atom stereocenters. The third-order valence-electron chi connectivity index (χ3n) is 4.44. The van der Waals surface area contributed by atoms with E-state index in [0.717, 1.165) is 52.1 Å². The summed E-state index contributed by atoms with van der Waals surface area (Å²) in [5.74, 6) is 0.749. The topological polar surface area (TPSA) is 41.6 Å². The predicted octanol–water partition coefficient (Wildman–Crippen LogP) is 2.29. The zero-order chi connectivity index (χ0) is 15.0. The Morgan fingerprint density at radius 1 is 1.35 bits per heavy atom. The summed E-state index contributed by atoms with van der Waals surface area (Å²) < 4.78 is 5.44. The van der Waals surface area contributed by atoms with Crippen molar-refractivity contribution in [2.24, 2.45) is 11.3 Å². The maximum absolute atomic E-state index is 12.3. The van der Waals surface area contributed by atoms with Crippen molar-refractivity contribution in [1.29, 1.82) is 0 Å². The summed E-state index contributed by atoms with van der Waals surface area (Å²) >= 11 is 0. The van der Waals surface area contributed by atoms with Crippen molar-refractivity contribution in [1.82, 2.24) is 10.2 Å². The summed E-state index contributed by atoms with van der Waals surface area (Å²) in [5.41, 5.74) is -0.165. The highest BCUT2D eigenvalue weighted by molar-refractivity contribution is 5.82. The molecule has 0 saturated carbocycles. The Morgan fingerprint density at radius 3 is 2.55 bits per heavy atom. The van der Waals surface area contributed by atoms with E-state index in [0.29, 0.717) is 5.92 Å². The number of hydrogen-bond donors (Lipinski definition) is 1. The molecule has 0 aliphatic carbocycles. The fraction of sp³-hybridized carbons (Fsp3) is 0.938. The lowest BCUT2D eigenvalue weighted by atomic mass is 9.79.